The Balaban J connectivity index is 2.06. The smallest absolute Gasteiger partial charge is 0.129 e. The number of ether oxygens (including phenoxy) is 1. The molecule has 106 valence electrons. The number of fused-ring (bicyclic) bond motifs is 3. The highest BCUT2D eigenvalue weighted by Gasteiger charge is 2.18. The molecule has 0 N–H and O–H groups in total. The van der Waals surface area contributed by atoms with Crippen LogP contribution in [0.3, 0.4) is 0 Å². The predicted molar refractivity (Wildman–Crippen MR) is 92.9 cm³/mol. The van der Waals surface area contributed by atoms with Crippen LogP contribution >= 0.6 is 35.3 Å². The fourth-order valence-electron chi connectivity index (χ4n) is 2.03. The molecule has 0 fully saturated rings. The van der Waals surface area contributed by atoms with Crippen molar-refractivity contribution in [2.45, 2.75) is 20.8 Å². The van der Waals surface area contributed by atoms with Crippen molar-refractivity contribution in [1.82, 2.24) is 4.98 Å². The summed E-state index contributed by atoms with van der Waals surface area (Å²) in [6, 6.07) is 4.25. The summed E-state index contributed by atoms with van der Waals surface area (Å²) >= 11 is 7.84. The van der Waals surface area contributed by atoms with Crippen LogP contribution in [0.1, 0.15) is 18.9 Å². The first kappa shape index (κ1) is 14.2. The molecule has 0 unspecified atom stereocenters. The van der Waals surface area contributed by atoms with Crippen molar-refractivity contribution in [1.29, 1.82) is 0 Å². The summed E-state index contributed by atoms with van der Waals surface area (Å²) in [7, 11) is 0. The molecule has 0 amide bonds. The van der Waals surface area contributed by atoms with Crippen molar-refractivity contribution < 1.29 is 4.74 Å². The lowest BCUT2D eigenvalue weighted by Gasteiger charge is -2.22. The van der Waals surface area contributed by atoms with Gasteiger partial charge in [0.1, 0.15) is 5.75 Å². The van der Waals surface area contributed by atoms with Gasteiger partial charge in [-0.25, -0.2) is 4.98 Å². The third-order valence-electron chi connectivity index (χ3n) is 3.21. The number of hydrogen-bond donors (Lipinski definition) is 1. The molecular weight excluding hydrogens is 306 g/mol. The molecule has 20 heavy (non-hydrogen) atoms. The fraction of sp³-hybridized carbons (Fsp3) is 0.400. The van der Waals surface area contributed by atoms with E-state index in [-0.39, 0.29) is 5.41 Å². The number of thiol groups is 1. The van der Waals surface area contributed by atoms with Crippen LogP contribution in [0.2, 0.25) is 0 Å². The van der Waals surface area contributed by atoms with Crippen LogP contribution in [-0.2, 0) is 0 Å². The number of aryl methyl sites for hydroxylation is 1. The number of aromatic nitrogens is 1. The minimum atomic E-state index is 0.0734. The minimum Gasteiger partial charge on any atom is -0.492 e. The molecule has 0 atom stereocenters. The molecule has 0 bridgehead atoms. The van der Waals surface area contributed by atoms with Gasteiger partial charge in [-0.15, -0.1) is 22.7 Å². The van der Waals surface area contributed by atoms with E-state index >= 15 is 0 Å². The van der Waals surface area contributed by atoms with Gasteiger partial charge in [0.25, 0.3) is 0 Å². The van der Waals surface area contributed by atoms with E-state index in [1.807, 2.05) is 0 Å². The Morgan fingerprint density at radius 2 is 2.20 bits per heavy atom. The van der Waals surface area contributed by atoms with Crippen LogP contribution in [0.15, 0.2) is 17.5 Å². The van der Waals surface area contributed by atoms with Gasteiger partial charge < -0.3 is 4.74 Å². The van der Waals surface area contributed by atoms with Crippen molar-refractivity contribution in [3.05, 3.63) is 22.5 Å². The van der Waals surface area contributed by atoms with E-state index in [2.05, 4.69) is 55.9 Å². The van der Waals surface area contributed by atoms with Gasteiger partial charge in [-0.1, -0.05) is 13.8 Å². The van der Waals surface area contributed by atoms with E-state index in [0.29, 0.717) is 6.61 Å². The summed E-state index contributed by atoms with van der Waals surface area (Å²) < 4.78 is 8.52. The Morgan fingerprint density at radius 1 is 1.40 bits per heavy atom. The van der Waals surface area contributed by atoms with Crippen molar-refractivity contribution in [3.8, 4) is 5.75 Å². The first-order valence-corrected chi connectivity index (χ1v) is 8.84. The summed E-state index contributed by atoms with van der Waals surface area (Å²) in [4.78, 5) is 4.64. The molecule has 1 aromatic carbocycles. The van der Waals surface area contributed by atoms with E-state index in [1.54, 1.807) is 22.7 Å². The average Bonchev–Trinajstić information content (AvgIpc) is 3.01. The Morgan fingerprint density at radius 3 is 2.95 bits per heavy atom. The number of benzene rings is 1. The highest BCUT2D eigenvalue weighted by Crippen LogP contribution is 2.39. The fourth-order valence-corrected chi connectivity index (χ4v) is 3.95. The number of hydrogen-bond acceptors (Lipinski definition) is 5. The van der Waals surface area contributed by atoms with Crippen LogP contribution in [-0.4, -0.2) is 17.3 Å². The zero-order valence-electron chi connectivity index (χ0n) is 11.8. The lowest BCUT2D eigenvalue weighted by Crippen LogP contribution is -2.23. The molecule has 0 aliphatic heterocycles. The highest BCUT2D eigenvalue weighted by atomic mass is 32.1. The van der Waals surface area contributed by atoms with Gasteiger partial charge in [-0.2, -0.15) is 12.6 Å². The predicted octanol–water partition coefficient (Wildman–Crippen LogP) is 5.15. The number of thiophene rings is 1. The molecule has 3 aromatic rings. The number of thiazole rings is 1. The van der Waals surface area contributed by atoms with Crippen LogP contribution in [0, 0.1) is 12.3 Å². The maximum Gasteiger partial charge on any atom is 0.129 e. The third-order valence-corrected chi connectivity index (χ3v) is 5.91. The standard InChI is InChI=1S/C15H17NOS3/c1-9-16-13-12(20-9)6-11(10-4-5-19-14(10)13)17-7-15(2,3)8-18/h4-6,18H,7-8H2,1-3H3. The number of nitrogens with zero attached hydrogens (tertiary/aromatic N) is 1. The summed E-state index contributed by atoms with van der Waals surface area (Å²) in [5, 5.41) is 4.38. The Hall–Kier alpha value is -0.780. The van der Waals surface area contributed by atoms with Crippen LogP contribution in [0.4, 0.5) is 0 Å². The molecular formula is C15H17NOS3. The van der Waals surface area contributed by atoms with E-state index in [4.69, 9.17) is 4.74 Å². The van der Waals surface area contributed by atoms with Crippen molar-refractivity contribution in [2.24, 2.45) is 5.41 Å². The quantitative estimate of drug-likeness (QED) is 0.670. The van der Waals surface area contributed by atoms with Gasteiger partial charge in [-0.05, 0) is 24.1 Å². The molecule has 2 nitrogen and oxygen atoms in total. The SMILES string of the molecule is Cc1nc2c(cc(OCC(C)(C)CS)c3ccsc32)s1. The van der Waals surface area contributed by atoms with E-state index in [9.17, 15) is 0 Å². The first-order chi connectivity index (χ1) is 9.50. The van der Waals surface area contributed by atoms with Gasteiger partial charge in [-0.3, -0.25) is 0 Å². The Bertz CT molecular complexity index is 757. The second kappa shape index (κ2) is 5.20. The zero-order valence-corrected chi connectivity index (χ0v) is 14.3. The summed E-state index contributed by atoms with van der Waals surface area (Å²) in [6.07, 6.45) is 0. The molecule has 0 saturated carbocycles. The monoisotopic (exact) mass is 323 g/mol. The maximum absolute atomic E-state index is 6.09. The second-order valence-electron chi connectivity index (χ2n) is 5.73. The second-order valence-corrected chi connectivity index (χ2v) is 8.20. The van der Waals surface area contributed by atoms with Gasteiger partial charge in [0.05, 0.1) is 26.5 Å². The largest absolute Gasteiger partial charge is 0.492 e. The molecule has 2 heterocycles. The van der Waals surface area contributed by atoms with Gasteiger partial charge in [0.15, 0.2) is 0 Å². The van der Waals surface area contributed by atoms with Gasteiger partial charge in [0, 0.05) is 16.9 Å². The molecule has 5 heteroatoms. The summed E-state index contributed by atoms with van der Waals surface area (Å²) in [5.41, 5.74) is 1.18. The maximum atomic E-state index is 6.09. The molecule has 0 radical (unpaired) electrons. The molecule has 3 rings (SSSR count). The highest BCUT2D eigenvalue weighted by molar-refractivity contribution is 7.80. The number of rotatable bonds is 4. The van der Waals surface area contributed by atoms with E-state index in [0.717, 1.165) is 22.0 Å². The molecule has 0 aliphatic rings. The molecule has 0 saturated heterocycles. The topological polar surface area (TPSA) is 22.1 Å². The van der Waals surface area contributed by atoms with Crippen LogP contribution < -0.4 is 4.74 Å². The molecule has 0 aliphatic carbocycles. The van der Waals surface area contributed by atoms with Crippen LogP contribution in [0.5, 0.6) is 5.75 Å². The molecule has 2 aromatic heterocycles. The van der Waals surface area contributed by atoms with Crippen LogP contribution in [0.25, 0.3) is 20.3 Å². The van der Waals surface area contributed by atoms with Crippen molar-refractivity contribution >= 4 is 55.6 Å². The van der Waals surface area contributed by atoms with Gasteiger partial charge >= 0.3 is 0 Å². The average molecular weight is 324 g/mol. The molecule has 0 spiro atoms. The third kappa shape index (κ3) is 2.54. The zero-order chi connectivity index (χ0) is 14.3. The summed E-state index contributed by atoms with van der Waals surface area (Å²) in [5.74, 6) is 1.77. The van der Waals surface area contributed by atoms with E-state index < -0.39 is 0 Å². The Kier molecular flexibility index (Phi) is 3.69. The van der Waals surface area contributed by atoms with E-state index in [1.165, 1.54) is 14.8 Å². The van der Waals surface area contributed by atoms with Gasteiger partial charge in [0.2, 0.25) is 0 Å². The van der Waals surface area contributed by atoms with Crippen molar-refractivity contribution in [3.63, 3.8) is 0 Å². The normalized spacial score (nSPS) is 12.4. The summed E-state index contributed by atoms with van der Waals surface area (Å²) in [6.45, 7) is 7.06. The first-order valence-electron chi connectivity index (χ1n) is 6.51. The minimum absolute atomic E-state index is 0.0734. The Labute approximate surface area is 132 Å². The lowest BCUT2D eigenvalue weighted by atomic mass is 9.98. The lowest BCUT2D eigenvalue weighted by molar-refractivity contribution is 0.204. The van der Waals surface area contributed by atoms with Crippen molar-refractivity contribution in [2.75, 3.05) is 12.4 Å².